The fraction of sp³-hybridized carbons (Fsp3) is 0.400. The third-order valence-corrected chi connectivity index (χ3v) is 10.8. The lowest BCUT2D eigenvalue weighted by Crippen LogP contribution is -2.50. The quantitative estimate of drug-likeness (QED) is 0.137. The highest BCUT2D eigenvalue weighted by Gasteiger charge is 2.35. The molecule has 2 fully saturated rings. The Kier molecular flexibility index (Phi) is 11.4. The number of aromatic nitrogens is 2. The second-order valence-electron chi connectivity index (χ2n) is 13.6. The van der Waals surface area contributed by atoms with Crippen LogP contribution < -0.4 is 24.8 Å². The minimum Gasteiger partial charge on any atom is -0.481 e. The van der Waals surface area contributed by atoms with E-state index in [2.05, 4.69) is 32.7 Å². The second-order valence-corrected chi connectivity index (χ2v) is 14.4. The first-order valence-corrected chi connectivity index (χ1v) is 18.8. The molecule has 2 aliphatic heterocycles. The van der Waals surface area contributed by atoms with Crippen LogP contribution in [-0.4, -0.2) is 73.2 Å². The topological polar surface area (TPSA) is 124 Å². The molecule has 2 saturated heterocycles. The Morgan fingerprint density at radius 2 is 1.68 bits per heavy atom. The van der Waals surface area contributed by atoms with E-state index < -0.39 is 0 Å². The first-order chi connectivity index (χ1) is 25.8. The van der Waals surface area contributed by atoms with Crippen LogP contribution >= 0.6 is 23.2 Å². The van der Waals surface area contributed by atoms with Gasteiger partial charge in [0.2, 0.25) is 23.5 Å². The summed E-state index contributed by atoms with van der Waals surface area (Å²) in [5, 5.41) is 7.39. The normalized spacial score (nSPS) is 18.3. The maximum atomic E-state index is 12.0. The van der Waals surface area contributed by atoms with Crippen molar-refractivity contribution in [3.8, 4) is 40.0 Å². The Morgan fingerprint density at radius 3 is 2.43 bits per heavy atom. The van der Waals surface area contributed by atoms with Crippen LogP contribution in [0.2, 0.25) is 10.0 Å². The summed E-state index contributed by atoms with van der Waals surface area (Å²) in [7, 11) is 3.19. The molecule has 0 bridgehead atoms. The maximum Gasteiger partial charge on any atom is 0.311 e. The monoisotopic (exact) mass is 759 g/mol. The number of halogens is 2. The minimum absolute atomic E-state index is 0.102. The molecule has 4 heterocycles. The fourth-order valence-electron chi connectivity index (χ4n) is 7.42. The van der Waals surface area contributed by atoms with Gasteiger partial charge in [-0.1, -0.05) is 65.7 Å². The van der Waals surface area contributed by atoms with Crippen LogP contribution in [0.25, 0.3) is 22.4 Å². The Hall–Kier alpha value is -4.42. The van der Waals surface area contributed by atoms with Gasteiger partial charge in [0.05, 0.1) is 37.5 Å². The van der Waals surface area contributed by atoms with Crippen molar-refractivity contribution in [2.45, 2.75) is 57.8 Å². The summed E-state index contributed by atoms with van der Waals surface area (Å²) in [5.74, 6) is 1.10. The van der Waals surface area contributed by atoms with Gasteiger partial charge in [-0.3, -0.25) is 14.5 Å². The fourth-order valence-corrected chi connectivity index (χ4v) is 7.96. The number of rotatable bonds is 14. The predicted molar refractivity (Wildman–Crippen MR) is 202 cm³/mol. The third-order valence-electron chi connectivity index (χ3n) is 10.1. The number of amides is 1. The highest BCUT2D eigenvalue weighted by atomic mass is 35.5. The van der Waals surface area contributed by atoms with Gasteiger partial charge in [0, 0.05) is 67.4 Å². The van der Waals surface area contributed by atoms with Gasteiger partial charge in [-0.2, -0.15) is 4.98 Å². The maximum absolute atomic E-state index is 12.0. The molecule has 3 aliphatic rings. The van der Waals surface area contributed by atoms with E-state index in [0.29, 0.717) is 79.1 Å². The van der Waals surface area contributed by atoms with E-state index >= 15 is 0 Å². The number of ether oxygens (including phenoxy) is 4. The van der Waals surface area contributed by atoms with E-state index in [0.717, 1.165) is 58.2 Å². The van der Waals surface area contributed by atoms with E-state index in [9.17, 15) is 9.59 Å². The van der Waals surface area contributed by atoms with Crippen molar-refractivity contribution in [1.82, 2.24) is 25.5 Å². The Morgan fingerprint density at radius 1 is 0.925 bits per heavy atom. The molecular weight excluding hydrogens is 717 g/mol. The van der Waals surface area contributed by atoms with E-state index in [1.807, 2.05) is 49.4 Å². The van der Waals surface area contributed by atoms with Crippen molar-refractivity contribution >= 4 is 35.1 Å². The van der Waals surface area contributed by atoms with Gasteiger partial charge in [-0.15, -0.1) is 0 Å². The van der Waals surface area contributed by atoms with Crippen LogP contribution in [0.1, 0.15) is 54.5 Å². The number of esters is 1. The number of hydrogen-bond acceptors (Lipinski definition) is 10. The summed E-state index contributed by atoms with van der Waals surface area (Å²) in [6.07, 6.45) is 2.69. The lowest BCUT2D eigenvalue weighted by molar-refractivity contribution is -0.154. The summed E-state index contributed by atoms with van der Waals surface area (Å²) in [5.41, 5.74) is 7.42. The van der Waals surface area contributed by atoms with E-state index in [-0.39, 0.29) is 29.9 Å². The molecule has 0 radical (unpaired) electrons. The molecule has 11 nitrogen and oxygen atoms in total. The average molecular weight is 761 g/mol. The number of methoxy groups -OCH3 is 2. The van der Waals surface area contributed by atoms with Gasteiger partial charge in [-0.05, 0) is 55.0 Å². The number of carbonyl (C=O) groups excluding carboxylic acids is 2. The standard InChI is InChI=1S/C40H43Cl2N5O6/c1-4-52-40(49)25-21-47(22-25)20-24-17-32(41)39(46-38(24)51-3)53-34-15-13-28-27(7-5-8-29(28)34)30-9-6-10-31(36(30)42)33-14-11-23(37(45-33)50-2)18-43-19-26-12-16-35(48)44-26/h5-11,14,17,25-26,34,43H,4,12-13,15-16,18-22H2,1-3H3,(H,44,48)/t26-,34-/m0/s1. The number of nitrogens with zero attached hydrogens (tertiary/aromatic N) is 3. The molecule has 13 heteroatoms. The second kappa shape index (κ2) is 16.3. The summed E-state index contributed by atoms with van der Waals surface area (Å²) in [4.78, 5) is 35.2. The number of nitrogens with one attached hydrogen (secondary N) is 2. The van der Waals surface area contributed by atoms with Gasteiger partial charge in [0.15, 0.2) is 0 Å². The average Bonchev–Trinajstić information content (AvgIpc) is 3.76. The first kappa shape index (κ1) is 36.9. The van der Waals surface area contributed by atoms with E-state index in [1.54, 1.807) is 14.2 Å². The van der Waals surface area contributed by atoms with Crippen molar-refractivity contribution in [3.63, 3.8) is 0 Å². The molecule has 0 saturated carbocycles. The molecule has 0 unspecified atom stereocenters. The number of hydrogen-bond donors (Lipinski definition) is 2. The Bertz CT molecular complexity index is 2000. The molecule has 2 aromatic carbocycles. The highest BCUT2D eigenvalue weighted by molar-refractivity contribution is 6.36. The molecule has 1 amide bonds. The lowest BCUT2D eigenvalue weighted by Gasteiger charge is -2.37. The number of likely N-dealkylation sites (tertiary alicyclic amines) is 1. The number of benzene rings is 2. The Balaban J connectivity index is 1.06. The smallest absolute Gasteiger partial charge is 0.311 e. The molecular formula is C40H43Cl2N5O6. The van der Waals surface area contributed by atoms with E-state index in [4.69, 9.17) is 47.1 Å². The van der Waals surface area contributed by atoms with Gasteiger partial charge < -0.3 is 29.6 Å². The van der Waals surface area contributed by atoms with Crippen molar-refractivity contribution in [3.05, 3.63) is 86.9 Å². The highest BCUT2D eigenvalue weighted by Crippen LogP contribution is 2.45. The van der Waals surface area contributed by atoms with Gasteiger partial charge in [0.25, 0.3) is 0 Å². The summed E-state index contributed by atoms with van der Waals surface area (Å²) >= 11 is 13.9. The molecule has 2 atom stereocenters. The summed E-state index contributed by atoms with van der Waals surface area (Å²) in [6.45, 7) is 5.22. The molecule has 7 rings (SSSR count). The van der Waals surface area contributed by atoms with Crippen LogP contribution in [-0.2, 0) is 33.8 Å². The van der Waals surface area contributed by atoms with Gasteiger partial charge >= 0.3 is 5.97 Å². The number of pyridine rings is 2. The molecule has 0 spiro atoms. The minimum atomic E-state index is -0.259. The number of fused-ring (bicyclic) bond motifs is 1. The van der Waals surface area contributed by atoms with Gasteiger partial charge in [-0.25, -0.2) is 4.98 Å². The zero-order chi connectivity index (χ0) is 37.1. The largest absolute Gasteiger partial charge is 0.481 e. The van der Waals surface area contributed by atoms with Crippen molar-refractivity contribution < 1.29 is 28.5 Å². The predicted octanol–water partition coefficient (Wildman–Crippen LogP) is 6.56. The third kappa shape index (κ3) is 7.94. The van der Waals surface area contributed by atoms with Crippen LogP contribution in [0.3, 0.4) is 0 Å². The van der Waals surface area contributed by atoms with Crippen LogP contribution in [0.4, 0.5) is 0 Å². The van der Waals surface area contributed by atoms with Crippen LogP contribution in [0, 0.1) is 5.92 Å². The molecule has 2 N–H and O–H groups in total. The van der Waals surface area contributed by atoms with E-state index in [1.165, 1.54) is 0 Å². The van der Waals surface area contributed by atoms with Crippen LogP contribution in [0.5, 0.6) is 17.6 Å². The summed E-state index contributed by atoms with van der Waals surface area (Å²) in [6, 6.07) is 18.1. The summed E-state index contributed by atoms with van der Waals surface area (Å²) < 4.78 is 23.0. The molecule has 4 aromatic rings. The molecule has 53 heavy (non-hydrogen) atoms. The van der Waals surface area contributed by atoms with Crippen molar-refractivity contribution in [2.24, 2.45) is 5.92 Å². The SMILES string of the molecule is CCOC(=O)C1CN(Cc2cc(Cl)c(O[C@H]3CCc4c(-c5cccc(-c6ccc(CNC[C@@H]7CCC(=O)N7)c(OC)n6)c5Cl)cccc43)nc2OC)C1. The molecule has 1 aliphatic carbocycles. The van der Waals surface area contributed by atoms with Crippen LogP contribution in [0.15, 0.2) is 54.6 Å². The zero-order valence-corrected chi connectivity index (χ0v) is 31.6. The van der Waals surface area contributed by atoms with Crippen molar-refractivity contribution in [2.75, 3.05) is 40.5 Å². The first-order valence-electron chi connectivity index (χ1n) is 18.0. The lowest BCUT2D eigenvalue weighted by atomic mass is 9.94. The molecule has 278 valence electrons. The number of carbonyl (C=O) groups is 2. The molecule has 2 aromatic heterocycles. The van der Waals surface area contributed by atoms with Crippen molar-refractivity contribution in [1.29, 1.82) is 0 Å². The van der Waals surface area contributed by atoms with Gasteiger partial charge in [0.1, 0.15) is 11.1 Å². The Labute approximate surface area is 319 Å². The zero-order valence-electron chi connectivity index (χ0n) is 30.0.